The summed E-state index contributed by atoms with van der Waals surface area (Å²) in [4.78, 5) is 17.3. The first-order valence-corrected chi connectivity index (χ1v) is 8.76. The summed E-state index contributed by atoms with van der Waals surface area (Å²) < 4.78 is 13.0. The van der Waals surface area contributed by atoms with Gasteiger partial charge in [0.15, 0.2) is 5.13 Å². The zero-order valence-electron chi connectivity index (χ0n) is 12.9. The van der Waals surface area contributed by atoms with Crippen molar-refractivity contribution in [3.63, 3.8) is 0 Å². The molecule has 8 heteroatoms. The van der Waals surface area contributed by atoms with Crippen LogP contribution in [0.2, 0.25) is 10.0 Å². The molecule has 3 rings (SSSR count). The van der Waals surface area contributed by atoms with E-state index in [0.717, 1.165) is 0 Å². The highest BCUT2D eigenvalue weighted by Crippen LogP contribution is 2.29. The molecule has 1 amide bonds. The predicted octanol–water partition coefficient (Wildman–Crippen LogP) is 5.89. The lowest BCUT2D eigenvalue weighted by Gasteiger charge is -2.06. The van der Waals surface area contributed by atoms with Crippen LogP contribution in [0.5, 0.6) is 0 Å². The summed E-state index contributed by atoms with van der Waals surface area (Å²) in [6, 6.07) is 10.7. The van der Waals surface area contributed by atoms with E-state index >= 15 is 0 Å². The fourth-order valence-electron chi connectivity index (χ4n) is 2.09. The molecule has 128 valence electrons. The molecular weight excluding hydrogens is 384 g/mol. The second kappa shape index (κ2) is 7.39. The van der Waals surface area contributed by atoms with Crippen LogP contribution in [0, 0.1) is 12.7 Å². The number of nitrogens with one attached hydrogen (secondary N) is 2. The molecule has 0 bridgehead atoms. The Morgan fingerprint density at radius 1 is 1.16 bits per heavy atom. The summed E-state index contributed by atoms with van der Waals surface area (Å²) >= 11 is 13.2. The quantitative estimate of drug-likeness (QED) is 0.578. The van der Waals surface area contributed by atoms with Crippen LogP contribution in [0.3, 0.4) is 0 Å². The van der Waals surface area contributed by atoms with Crippen LogP contribution in [-0.2, 0) is 0 Å². The number of aromatic nitrogens is 1. The Morgan fingerprint density at radius 2 is 1.88 bits per heavy atom. The van der Waals surface area contributed by atoms with Crippen LogP contribution in [0.15, 0.2) is 42.5 Å². The molecule has 0 unspecified atom stereocenters. The minimum absolute atomic E-state index is 0.320. The first-order chi connectivity index (χ1) is 11.9. The molecule has 0 radical (unpaired) electrons. The third-order valence-corrected chi connectivity index (χ3v) is 4.91. The van der Waals surface area contributed by atoms with E-state index in [1.165, 1.54) is 23.5 Å². The molecule has 3 aromatic rings. The van der Waals surface area contributed by atoms with Crippen LogP contribution in [0.25, 0.3) is 0 Å². The molecule has 1 aromatic heterocycles. The maximum atomic E-state index is 13.0. The Bertz CT molecular complexity index is 928. The molecule has 0 aliphatic heterocycles. The molecule has 0 saturated heterocycles. The Hall–Kier alpha value is -2.15. The maximum absolute atomic E-state index is 13.0. The van der Waals surface area contributed by atoms with Crippen molar-refractivity contribution >= 4 is 57.0 Å². The lowest BCUT2D eigenvalue weighted by atomic mass is 10.3. The third-order valence-electron chi connectivity index (χ3n) is 3.27. The number of amides is 1. The van der Waals surface area contributed by atoms with Crippen molar-refractivity contribution in [2.75, 3.05) is 10.6 Å². The molecule has 25 heavy (non-hydrogen) atoms. The van der Waals surface area contributed by atoms with Crippen LogP contribution in [-0.4, -0.2) is 10.9 Å². The molecule has 1 heterocycles. The first kappa shape index (κ1) is 17.7. The number of nitrogens with zero attached hydrogens (tertiary/aromatic N) is 1. The molecular formula is C17H12Cl2FN3OS. The largest absolute Gasteiger partial charge is 0.332 e. The first-order valence-electron chi connectivity index (χ1n) is 7.19. The summed E-state index contributed by atoms with van der Waals surface area (Å²) in [6.07, 6.45) is 0. The zero-order valence-corrected chi connectivity index (χ0v) is 15.3. The minimum atomic E-state index is -0.327. The van der Waals surface area contributed by atoms with E-state index in [-0.39, 0.29) is 11.7 Å². The van der Waals surface area contributed by atoms with Crippen molar-refractivity contribution in [2.45, 2.75) is 6.92 Å². The number of carbonyl (C=O) groups excluding carboxylic acids is 1. The number of rotatable bonds is 4. The topological polar surface area (TPSA) is 54.0 Å². The summed E-state index contributed by atoms with van der Waals surface area (Å²) in [5.41, 5.74) is 1.69. The SMILES string of the molecule is Cc1nc(Nc2ccc(F)cc2)sc1C(=O)Nc1cc(Cl)ccc1Cl. The Labute approximate surface area is 157 Å². The smallest absolute Gasteiger partial charge is 0.267 e. The van der Waals surface area contributed by atoms with Crippen molar-refractivity contribution in [3.8, 4) is 0 Å². The number of halogens is 3. The summed E-state index contributed by atoms with van der Waals surface area (Å²) in [7, 11) is 0. The van der Waals surface area contributed by atoms with Gasteiger partial charge in [0.25, 0.3) is 5.91 Å². The summed E-state index contributed by atoms with van der Waals surface area (Å²) in [6.45, 7) is 1.74. The standard InChI is InChI=1S/C17H12Cl2FN3OS/c1-9-15(16(24)23-14-8-10(18)2-7-13(14)19)25-17(21-9)22-12-5-3-11(20)4-6-12/h2-8H,1H3,(H,21,22)(H,23,24). The number of hydrogen-bond acceptors (Lipinski definition) is 4. The third kappa shape index (κ3) is 4.28. The van der Waals surface area contributed by atoms with E-state index in [9.17, 15) is 9.18 Å². The highest BCUT2D eigenvalue weighted by molar-refractivity contribution is 7.17. The molecule has 2 aromatic carbocycles. The molecule has 0 atom stereocenters. The van der Waals surface area contributed by atoms with E-state index < -0.39 is 0 Å². The van der Waals surface area contributed by atoms with Gasteiger partial charge in [0.1, 0.15) is 10.7 Å². The van der Waals surface area contributed by atoms with Gasteiger partial charge in [0.05, 0.1) is 16.4 Å². The van der Waals surface area contributed by atoms with E-state index in [1.807, 2.05) is 0 Å². The van der Waals surface area contributed by atoms with Crippen LogP contribution >= 0.6 is 34.5 Å². The molecule has 0 aliphatic carbocycles. The lowest BCUT2D eigenvalue weighted by molar-refractivity contribution is 0.103. The van der Waals surface area contributed by atoms with E-state index in [1.54, 1.807) is 37.3 Å². The van der Waals surface area contributed by atoms with E-state index in [4.69, 9.17) is 23.2 Å². The molecule has 2 N–H and O–H groups in total. The van der Waals surface area contributed by atoms with Crippen molar-refractivity contribution in [3.05, 3.63) is 68.9 Å². The van der Waals surface area contributed by atoms with Gasteiger partial charge in [-0.3, -0.25) is 4.79 Å². The number of aryl methyl sites for hydroxylation is 1. The van der Waals surface area contributed by atoms with Crippen molar-refractivity contribution < 1.29 is 9.18 Å². The normalized spacial score (nSPS) is 10.6. The molecule has 0 spiro atoms. The molecule has 0 aliphatic rings. The maximum Gasteiger partial charge on any atom is 0.267 e. The average Bonchev–Trinajstić information content (AvgIpc) is 2.93. The van der Waals surface area contributed by atoms with Crippen LogP contribution in [0.1, 0.15) is 15.4 Å². The van der Waals surface area contributed by atoms with Gasteiger partial charge in [0, 0.05) is 10.7 Å². The fourth-order valence-corrected chi connectivity index (χ4v) is 3.31. The number of anilines is 3. The number of thiazole rings is 1. The highest BCUT2D eigenvalue weighted by atomic mass is 35.5. The van der Waals surface area contributed by atoms with Crippen LogP contribution in [0.4, 0.5) is 20.9 Å². The van der Waals surface area contributed by atoms with Gasteiger partial charge in [-0.2, -0.15) is 0 Å². The Morgan fingerprint density at radius 3 is 2.60 bits per heavy atom. The second-order valence-electron chi connectivity index (χ2n) is 5.14. The second-order valence-corrected chi connectivity index (χ2v) is 6.99. The fraction of sp³-hybridized carbons (Fsp3) is 0.0588. The zero-order chi connectivity index (χ0) is 18.0. The van der Waals surface area contributed by atoms with Gasteiger partial charge < -0.3 is 10.6 Å². The number of hydrogen-bond donors (Lipinski definition) is 2. The van der Waals surface area contributed by atoms with Crippen molar-refractivity contribution in [1.29, 1.82) is 0 Å². The van der Waals surface area contributed by atoms with Crippen LogP contribution < -0.4 is 10.6 Å². The molecule has 4 nitrogen and oxygen atoms in total. The van der Waals surface area contributed by atoms with Gasteiger partial charge in [-0.25, -0.2) is 9.37 Å². The van der Waals surface area contributed by atoms with Gasteiger partial charge in [0.2, 0.25) is 0 Å². The predicted molar refractivity (Wildman–Crippen MR) is 101 cm³/mol. The monoisotopic (exact) mass is 395 g/mol. The minimum Gasteiger partial charge on any atom is -0.332 e. The van der Waals surface area contributed by atoms with Gasteiger partial charge >= 0.3 is 0 Å². The Kier molecular flexibility index (Phi) is 5.22. The van der Waals surface area contributed by atoms with Crippen molar-refractivity contribution in [2.24, 2.45) is 0 Å². The summed E-state index contributed by atoms with van der Waals surface area (Å²) in [5.74, 6) is -0.648. The average molecular weight is 396 g/mol. The Balaban J connectivity index is 1.78. The van der Waals surface area contributed by atoms with E-state index in [2.05, 4.69) is 15.6 Å². The van der Waals surface area contributed by atoms with Gasteiger partial charge in [-0.05, 0) is 49.4 Å². The molecule has 0 fully saturated rings. The summed E-state index contributed by atoms with van der Waals surface area (Å²) in [5, 5.41) is 7.17. The molecule has 0 saturated carbocycles. The van der Waals surface area contributed by atoms with Crippen molar-refractivity contribution in [1.82, 2.24) is 4.98 Å². The lowest BCUT2D eigenvalue weighted by Crippen LogP contribution is -2.11. The number of benzene rings is 2. The highest BCUT2D eigenvalue weighted by Gasteiger charge is 2.17. The number of carbonyl (C=O) groups is 1. The van der Waals surface area contributed by atoms with Gasteiger partial charge in [-0.1, -0.05) is 34.5 Å². The van der Waals surface area contributed by atoms with E-state index in [0.29, 0.717) is 37.1 Å². The van der Waals surface area contributed by atoms with Gasteiger partial charge in [-0.15, -0.1) is 0 Å².